The van der Waals surface area contributed by atoms with Gasteiger partial charge in [0.25, 0.3) is 11.8 Å². The number of piperidine rings is 1. The highest BCUT2D eigenvalue weighted by atomic mass is 16.5. The molecule has 1 spiro atoms. The van der Waals surface area contributed by atoms with Crippen molar-refractivity contribution in [2.45, 2.75) is 31.7 Å². The summed E-state index contributed by atoms with van der Waals surface area (Å²) in [7, 11) is 0. The number of ether oxygens (including phenoxy) is 1. The van der Waals surface area contributed by atoms with Gasteiger partial charge in [0.2, 0.25) is 29.6 Å². The lowest BCUT2D eigenvalue weighted by Crippen LogP contribution is -2.75. The fourth-order valence-corrected chi connectivity index (χ4v) is 4.17. The molecule has 1 aromatic carbocycles. The van der Waals surface area contributed by atoms with Crippen molar-refractivity contribution < 1.29 is 28.3 Å². The van der Waals surface area contributed by atoms with Crippen LogP contribution in [0.2, 0.25) is 0 Å². The zero-order valence-corrected chi connectivity index (χ0v) is 17.9. The number of hydrogen-bond acceptors (Lipinski definition) is 9. The van der Waals surface area contributed by atoms with Crippen LogP contribution in [-0.4, -0.2) is 44.5 Å². The summed E-state index contributed by atoms with van der Waals surface area (Å²) < 4.78 is 11.1. The Hall–Kier alpha value is -4.61. The minimum Gasteiger partial charge on any atom is -0.439 e. The fraction of sp³-hybridized carbons (Fsp3) is 0.227. The van der Waals surface area contributed by atoms with E-state index in [0.717, 1.165) is 16.0 Å². The van der Waals surface area contributed by atoms with E-state index in [1.54, 1.807) is 30.3 Å². The number of hydrogen-bond donors (Lipinski definition) is 2. The van der Waals surface area contributed by atoms with E-state index in [4.69, 9.17) is 9.15 Å². The minimum absolute atomic E-state index is 0.0484. The zero-order chi connectivity index (χ0) is 23.9. The summed E-state index contributed by atoms with van der Waals surface area (Å²) in [5, 5.41) is 11.7. The number of barbiturate groups is 1. The molecule has 12 heteroatoms. The number of imide groups is 2. The fourth-order valence-electron chi connectivity index (χ4n) is 4.17. The third kappa shape index (κ3) is 3.45. The Bertz CT molecular complexity index is 1300. The van der Waals surface area contributed by atoms with Gasteiger partial charge >= 0.3 is 6.03 Å². The molecular weight excluding hydrogens is 444 g/mol. The highest BCUT2D eigenvalue weighted by Gasteiger charge is 2.58. The highest BCUT2D eigenvalue weighted by Crippen LogP contribution is 2.36. The van der Waals surface area contributed by atoms with Gasteiger partial charge in [0, 0.05) is 18.1 Å². The molecule has 0 saturated carbocycles. The van der Waals surface area contributed by atoms with Crippen LogP contribution in [0.4, 0.5) is 10.6 Å². The number of carbonyl (C=O) groups is 4. The van der Waals surface area contributed by atoms with Crippen LogP contribution in [0.1, 0.15) is 24.8 Å². The van der Waals surface area contributed by atoms with Crippen LogP contribution in [-0.2, 0) is 14.4 Å². The van der Waals surface area contributed by atoms with Crippen molar-refractivity contribution in [3.8, 4) is 23.1 Å². The lowest BCUT2D eigenvalue weighted by Gasteiger charge is -2.44. The molecule has 3 aromatic rings. The minimum atomic E-state index is -1.91. The van der Waals surface area contributed by atoms with Crippen molar-refractivity contribution in [3.63, 3.8) is 0 Å². The van der Waals surface area contributed by atoms with Gasteiger partial charge in [-0.2, -0.15) is 4.98 Å². The number of carbonyl (C=O) groups excluding carboxylic acids is 4. The van der Waals surface area contributed by atoms with Crippen LogP contribution >= 0.6 is 0 Å². The Morgan fingerprint density at radius 3 is 2.59 bits per heavy atom. The smallest absolute Gasteiger partial charge is 0.328 e. The van der Waals surface area contributed by atoms with Gasteiger partial charge in [-0.15, -0.1) is 10.2 Å². The molecule has 2 aliphatic rings. The van der Waals surface area contributed by atoms with Crippen molar-refractivity contribution >= 4 is 29.6 Å². The molecule has 12 nitrogen and oxygen atoms in total. The maximum atomic E-state index is 12.9. The third-order valence-corrected chi connectivity index (χ3v) is 5.71. The normalized spacial score (nSPS) is 17.5. The Kier molecular flexibility index (Phi) is 5.04. The van der Waals surface area contributed by atoms with Gasteiger partial charge in [-0.05, 0) is 49.6 Å². The summed E-state index contributed by atoms with van der Waals surface area (Å²) in [6.07, 6.45) is 1.73. The molecule has 172 valence electrons. The van der Waals surface area contributed by atoms with E-state index in [1.165, 1.54) is 12.5 Å². The van der Waals surface area contributed by atoms with Gasteiger partial charge in [-0.25, -0.2) is 4.79 Å². The Labute approximate surface area is 192 Å². The van der Waals surface area contributed by atoms with Gasteiger partial charge in [-0.3, -0.25) is 29.9 Å². The van der Waals surface area contributed by atoms with Crippen molar-refractivity contribution in [3.05, 3.63) is 48.4 Å². The van der Waals surface area contributed by atoms with Gasteiger partial charge in [0.1, 0.15) is 11.6 Å². The quantitative estimate of drug-likeness (QED) is 0.552. The molecule has 5 rings (SSSR count). The molecule has 5 amide bonds. The second kappa shape index (κ2) is 8.06. The van der Waals surface area contributed by atoms with E-state index in [-0.39, 0.29) is 24.5 Å². The molecule has 2 saturated heterocycles. The molecule has 0 radical (unpaired) electrons. The maximum Gasteiger partial charge on any atom is 0.328 e. The van der Waals surface area contributed by atoms with Gasteiger partial charge in [0.05, 0.1) is 0 Å². The molecule has 0 bridgehead atoms. The first-order valence-corrected chi connectivity index (χ1v) is 10.4. The molecular formula is C22H18N6O6. The first kappa shape index (κ1) is 21.2. The first-order chi connectivity index (χ1) is 16.4. The summed E-state index contributed by atoms with van der Waals surface area (Å²) in [6, 6.07) is 8.96. The van der Waals surface area contributed by atoms with Crippen LogP contribution in [0.25, 0.3) is 11.5 Å². The van der Waals surface area contributed by atoms with Crippen LogP contribution in [0, 0.1) is 6.92 Å². The predicted octanol–water partition coefficient (Wildman–Crippen LogP) is 1.85. The van der Waals surface area contributed by atoms with Crippen LogP contribution in [0.3, 0.4) is 0 Å². The number of nitrogens with zero attached hydrogens (tertiary/aromatic N) is 4. The number of pyridine rings is 1. The third-order valence-electron chi connectivity index (χ3n) is 5.71. The number of benzene rings is 1. The van der Waals surface area contributed by atoms with E-state index < -0.39 is 29.3 Å². The molecule has 2 aromatic heterocycles. The van der Waals surface area contributed by atoms with Gasteiger partial charge in [-0.1, -0.05) is 6.07 Å². The maximum absolute atomic E-state index is 12.9. The number of anilines is 1. The van der Waals surface area contributed by atoms with Gasteiger partial charge in [0.15, 0.2) is 0 Å². The average Bonchev–Trinajstić information content (AvgIpc) is 3.32. The predicted molar refractivity (Wildman–Crippen MR) is 115 cm³/mol. The van der Waals surface area contributed by atoms with E-state index in [0.29, 0.717) is 18.1 Å². The number of aryl methyl sites for hydroxylation is 1. The van der Waals surface area contributed by atoms with E-state index in [2.05, 4.69) is 25.8 Å². The SMILES string of the molecule is Cc1cc(Oc2cccc(N3C(=O)CCCC34C(=O)NC(=O)NC4=O)n2)ccc1-c1nnco1. The average molecular weight is 462 g/mol. The second-order valence-corrected chi connectivity index (χ2v) is 7.84. The summed E-state index contributed by atoms with van der Waals surface area (Å²) in [6.45, 7) is 1.86. The monoisotopic (exact) mass is 462 g/mol. The molecule has 0 unspecified atom stereocenters. The van der Waals surface area contributed by atoms with Crippen LogP contribution in [0.5, 0.6) is 11.6 Å². The van der Waals surface area contributed by atoms with E-state index in [9.17, 15) is 19.2 Å². The molecule has 4 heterocycles. The Balaban J connectivity index is 1.47. The van der Waals surface area contributed by atoms with Crippen molar-refractivity contribution in [1.29, 1.82) is 0 Å². The van der Waals surface area contributed by atoms with Gasteiger partial charge < -0.3 is 9.15 Å². The number of aromatic nitrogens is 3. The summed E-state index contributed by atoms with van der Waals surface area (Å²) in [5.74, 6) is -1.16. The first-order valence-electron chi connectivity index (χ1n) is 10.4. The van der Waals surface area contributed by atoms with Crippen LogP contribution < -0.4 is 20.3 Å². The molecule has 0 aliphatic carbocycles. The summed E-state index contributed by atoms with van der Waals surface area (Å²) in [5.41, 5.74) is -0.337. The van der Waals surface area contributed by atoms with Crippen LogP contribution in [0.15, 0.2) is 47.2 Å². The molecule has 34 heavy (non-hydrogen) atoms. The standard InChI is InChI=1S/C22H18N6O6/c1-12-10-13(7-8-14(12)18-27-23-11-33-18)34-16-5-2-4-15(24-16)28-17(29)6-3-9-22(28)19(30)25-21(32)26-20(22)31/h2,4-5,7-8,10-11H,3,6,9H2,1H3,(H2,25,26,30,31,32). The lowest BCUT2D eigenvalue weighted by atomic mass is 9.83. The molecule has 2 aliphatic heterocycles. The number of rotatable bonds is 4. The molecule has 2 fully saturated rings. The molecule has 0 atom stereocenters. The topological polar surface area (TPSA) is 157 Å². The molecule has 2 N–H and O–H groups in total. The summed E-state index contributed by atoms with van der Waals surface area (Å²) >= 11 is 0. The number of urea groups is 1. The lowest BCUT2D eigenvalue weighted by molar-refractivity contribution is -0.143. The van der Waals surface area contributed by atoms with Crippen molar-refractivity contribution in [2.24, 2.45) is 0 Å². The Morgan fingerprint density at radius 1 is 1.09 bits per heavy atom. The van der Waals surface area contributed by atoms with Crippen molar-refractivity contribution in [2.75, 3.05) is 4.90 Å². The number of nitrogens with one attached hydrogen (secondary N) is 2. The number of amides is 5. The Morgan fingerprint density at radius 2 is 1.88 bits per heavy atom. The largest absolute Gasteiger partial charge is 0.439 e. The zero-order valence-electron chi connectivity index (χ0n) is 17.9. The summed E-state index contributed by atoms with van der Waals surface area (Å²) in [4.78, 5) is 55.5. The van der Waals surface area contributed by atoms with E-state index in [1.807, 2.05) is 6.92 Å². The van der Waals surface area contributed by atoms with Crippen molar-refractivity contribution in [1.82, 2.24) is 25.8 Å². The second-order valence-electron chi connectivity index (χ2n) is 7.84. The highest BCUT2D eigenvalue weighted by molar-refractivity contribution is 6.27. The van der Waals surface area contributed by atoms with E-state index >= 15 is 0 Å².